The van der Waals surface area contributed by atoms with E-state index in [1.54, 1.807) is 0 Å². The molecule has 1 aromatic rings. The van der Waals surface area contributed by atoms with Crippen LogP contribution in [0.15, 0.2) is 12.3 Å². The Balaban J connectivity index is 2.16. The largest absolute Gasteiger partial charge is 0.257 e. The Morgan fingerprint density at radius 3 is 3.17 bits per heavy atom. The van der Waals surface area contributed by atoms with Crippen LogP contribution in [0.3, 0.4) is 0 Å². The van der Waals surface area contributed by atoms with Gasteiger partial charge in [0, 0.05) is 17.8 Å². The van der Waals surface area contributed by atoms with E-state index >= 15 is 0 Å². The zero-order chi connectivity index (χ0) is 8.39. The average Bonchev–Trinajstić information content (AvgIpc) is 2.83. The molecule has 1 heterocycles. The van der Waals surface area contributed by atoms with Gasteiger partial charge in [0.15, 0.2) is 0 Å². The fraction of sp³-hybridized carbons (Fsp3) is 0.500. The van der Waals surface area contributed by atoms with Crippen molar-refractivity contribution in [1.29, 1.82) is 0 Å². The quantitative estimate of drug-likeness (QED) is 0.603. The minimum atomic E-state index is 0.745. The lowest BCUT2D eigenvalue weighted by Gasteiger charge is -2.00. The smallest absolute Gasteiger partial charge is 0.102 e. The fourth-order valence-corrected chi connectivity index (χ4v) is 1.35. The van der Waals surface area contributed by atoms with Crippen LogP contribution in [0, 0.1) is 11.8 Å². The first kappa shape index (κ1) is 7.42. The maximum absolute atomic E-state index is 4.23. The normalized spacial score (nSPS) is 15.4. The molecule has 0 amide bonds. The van der Waals surface area contributed by atoms with E-state index in [9.17, 15) is 0 Å². The molecule has 0 unspecified atom stereocenters. The lowest BCUT2D eigenvalue weighted by molar-refractivity contribution is 0.670. The highest BCUT2D eigenvalue weighted by Gasteiger charge is 2.26. The lowest BCUT2D eigenvalue weighted by Crippen LogP contribution is -2.01. The van der Waals surface area contributed by atoms with E-state index in [0.29, 0.717) is 0 Å². The molecule has 1 saturated carbocycles. The van der Waals surface area contributed by atoms with Gasteiger partial charge >= 0.3 is 0 Å². The number of aromatic nitrogens is 2. The van der Waals surface area contributed by atoms with E-state index in [1.165, 1.54) is 18.5 Å². The second-order valence-electron chi connectivity index (χ2n) is 3.11. The summed E-state index contributed by atoms with van der Waals surface area (Å²) in [5.41, 5.74) is 1.36. The Kier molecular flexibility index (Phi) is 1.87. The minimum Gasteiger partial charge on any atom is -0.257 e. The number of hydrogen-bond donors (Lipinski definition) is 0. The van der Waals surface area contributed by atoms with Crippen LogP contribution in [-0.4, -0.2) is 9.78 Å². The molecule has 1 aromatic heterocycles. The van der Waals surface area contributed by atoms with Gasteiger partial charge in [0.2, 0.25) is 0 Å². The zero-order valence-electron chi connectivity index (χ0n) is 7.25. The molecule has 0 radical (unpaired) electrons. The van der Waals surface area contributed by atoms with Crippen molar-refractivity contribution in [3.63, 3.8) is 0 Å². The molecule has 0 N–H and O–H groups in total. The summed E-state index contributed by atoms with van der Waals surface area (Å²) in [6, 6.07) is 2.11. The third-order valence-electron chi connectivity index (χ3n) is 2.15. The highest BCUT2D eigenvalue weighted by Crippen LogP contribution is 2.39. The molecule has 2 heteroatoms. The van der Waals surface area contributed by atoms with Gasteiger partial charge in [-0.1, -0.05) is 5.92 Å². The van der Waals surface area contributed by atoms with Crippen LogP contribution in [0.1, 0.15) is 31.4 Å². The Morgan fingerprint density at radius 1 is 1.67 bits per heavy atom. The lowest BCUT2D eigenvalue weighted by atomic mass is 10.3. The second kappa shape index (κ2) is 3.02. The van der Waals surface area contributed by atoms with Crippen LogP contribution >= 0.6 is 0 Å². The van der Waals surface area contributed by atoms with Gasteiger partial charge in [-0.15, -0.1) is 5.92 Å². The molecule has 0 aromatic carbocycles. The predicted molar refractivity (Wildman–Crippen MR) is 47.7 cm³/mol. The van der Waals surface area contributed by atoms with Crippen molar-refractivity contribution in [2.45, 2.75) is 32.2 Å². The van der Waals surface area contributed by atoms with Gasteiger partial charge in [0.05, 0.1) is 0 Å². The summed E-state index contributed by atoms with van der Waals surface area (Å²) in [5.74, 6) is 6.68. The van der Waals surface area contributed by atoms with Crippen molar-refractivity contribution in [3.8, 4) is 11.8 Å². The second-order valence-corrected chi connectivity index (χ2v) is 3.11. The van der Waals surface area contributed by atoms with Crippen LogP contribution < -0.4 is 0 Å². The van der Waals surface area contributed by atoms with Crippen molar-refractivity contribution >= 4 is 0 Å². The Bertz CT molecular complexity index is 323. The van der Waals surface area contributed by atoms with Crippen LogP contribution in [0.2, 0.25) is 0 Å². The van der Waals surface area contributed by atoms with Gasteiger partial charge in [0.1, 0.15) is 6.54 Å². The van der Waals surface area contributed by atoms with E-state index < -0.39 is 0 Å². The monoisotopic (exact) mass is 160 g/mol. The number of rotatable bonds is 2. The maximum atomic E-state index is 4.23. The molecular weight excluding hydrogens is 148 g/mol. The Morgan fingerprint density at radius 2 is 2.50 bits per heavy atom. The first-order valence-corrected chi connectivity index (χ1v) is 4.33. The first-order valence-electron chi connectivity index (χ1n) is 4.33. The van der Waals surface area contributed by atoms with Crippen LogP contribution in [0.5, 0.6) is 0 Å². The Hall–Kier alpha value is -1.23. The van der Waals surface area contributed by atoms with Crippen LogP contribution in [-0.2, 0) is 6.54 Å². The summed E-state index contributed by atoms with van der Waals surface area (Å²) in [4.78, 5) is 0. The molecule has 62 valence electrons. The zero-order valence-corrected chi connectivity index (χ0v) is 7.25. The number of hydrogen-bond acceptors (Lipinski definition) is 1. The molecule has 1 aliphatic rings. The highest BCUT2D eigenvalue weighted by molar-refractivity contribution is 5.15. The molecule has 2 rings (SSSR count). The van der Waals surface area contributed by atoms with Gasteiger partial charge in [-0.25, -0.2) is 0 Å². The summed E-state index contributed by atoms with van der Waals surface area (Å²) in [6.07, 6.45) is 4.52. The van der Waals surface area contributed by atoms with Crippen molar-refractivity contribution < 1.29 is 0 Å². The molecule has 12 heavy (non-hydrogen) atoms. The van der Waals surface area contributed by atoms with Crippen molar-refractivity contribution in [2.75, 3.05) is 0 Å². The average molecular weight is 160 g/mol. The van der Waals surface area contributed by atoms with Crippen LogP contribution in [0.25, 0.3) is 0 Å². The standard InChI is InChI=1S/C10H12N2/c1-2-3-8-12-10(6-7-11-12)9-4-5-9/h6-7,9H,4-5,8H2,1H3. The molecule has 0 atom stereocenters. The summed E-state index contributed by atoms with van der Waals surface area (Å²) in [5, 5.41) is 4.23. The van der Waals surface area contributed by atoms with Crippen LogP contribution in [0.4, 0.5) is 0 Å². The molecule has 0 bridgehead atoms. The Labute approximate surface area is 72.6 Å². The van der Waals surface area contributed by atoms with E-state index in [1.807, 2.05) is 17.8 Å². The molecule has 1 aliphatic carbocycles. The molecule has 0 aliphatic heterocycles. The van der Waals surface area contributed by atoms with E-state index in [-0.39, 0.29) is 0 Å². The molecule has 2 nitrogen and oxygen atoms in total. The van der Waals surface area contributed by atoms with E-state index in [2.05, 4.69) is 23.0 Å². The minimum absolute atomic E-state index is 0.745. The van der Waals surface area contributed by atoms with Crippen molar-refractivity contribution in [3.05, 3.63) is 18.0 Å². The summed E-state index contributed by atoms with van der Waals surface area (Å²) in [6.45, 7) is 2.61. The van der Waals surface area contributed by atoms with Gasteiger partial charge in [-0.3, -0.25) is 4.68 Å². The van der Waals surface area contributed by atoms with Gasteiger partial charge < -0.3 is 0 Å². The topological polar surface area (TPSA) is 17.8 Å². The molecule has 1 fully saturated rings. The summed E-state index contributed by atoms with van der Waals surface area (Å²) in [7, 11) is 0. The molecule has 0 spiro atoms. The molecule has 0 saturated heterocycles. The summed E-state index contributed by atoms with van der Waals surface area (Å²) >= 11 is 0. The number of nitrogens with zero attached hydrogens (tertiary/aromatic N) is 2. The van der Waals surface area contributed by atoms with E-state index in [4.69, 9.17) is 0 Å². The third kappa shape index (κ3) is 1.35. The summed E-state index contributed by atoms with van der Waals surface area (Å²) < 4.78 is 2.01. The fourth-order valence-electron chi connectivity index (χ4n) is 1.35. The van der Waals surface area contributed by atoms with Gasteiger partial charge in [0.25, 0.3) is 0 Å². The van der Waals surface area contributed by atoms with E-state index in [0.717, 1.165) is 12.5 Å². The first-order chi connectivity index (χ1) is 5.92. The van der Waals surface area contributed by atoms with Crippen molar-refractivity contribution in [2.24, 2.45) is 0 Å². The highest BCUT2D eigenvalue weighted by atomic mass is 15.3. The predicted octanol–water partition coefficient (Wildman–Crippen LogP) is 1.78. The maximum Gasteiger partial charge on any atom is 0.102 e. The third-order valence-corrected chi connectivity index (χ3v) is 2.15. The van der Waals surface area contributed by atoms with Gasteiger partial charge in [-0.2, -0.15) is 5.10 Å². The SMILES string of the molecule is CC#CCn1nccc1C1CC1. The molecular formula is C10H12N2. The van der Waals surface area contributed by atoms with Crippen molar-refractivity contribution in [1.82, 2.24) is 9.78 Å². The van der Waals surface area contributed by atoms with Gasteiger partial charge in [-0.05, 0) is 25.8 Å².